The highest BCUT2D eigenvalue weighted by Crippen LogP contribution is 3.09. The van der Waals surface area contributed by atoms with Crippen molar-refractivity contribution in [3.8, 4) is 0 Å². The summed E-state index contributed by atoms with van der Waals surface area (Å²) in [5.41, 5.74) is -0.533. The van der Waals surface area contributed by atoms with Crippen molar-refractivity contribution in [1.29, 1.82) is 0 Å². The predicted octanol–water partition coefficient (Wildman–Crippen LogP) is 2.22. The highest BCUT2D eigenvalue weighted by atomic mass is 19.4. The molecule has 7 saturated carbocycles. The van der Waals surface area contributed by atoms with Crippen LogP contribution in [-0.4, -0.2) is 21.3 Å². The Bertz CT molecular complexity index is 708. The van der Waals surface area contributed by atoms with E-state index < -0.39 is 11.9 Å². The van der Waals surface area contributed by atoms with Crippen LogP contribution in [0.1, 0.15) is 30.4 Å². The molecule has 1 aromatic heterocycles. The summed E-state index contributed by atoms with van der Waals surface area (Å²) in [5, 5.41) is 9.67. The maximum absolute atomic E-state index is 13.1. The lowest BCUT2D eigenvalue weighted by molar-refractivity contribution is -0.633. The molecule has 7 aliphatic carbocycles. The quantitative estimate of drug-likeness (QED) is 0.930. The third-order valence-electron chi connectivity index (χ3n) is 8.46. The molecular formula is C16H15F3N2O. The van der Waals surface area contributed by atoms with Gasteiger partial charge in [-0.2, -0.15) is 13.2 Å². The summed E-state index contributed by atoms with van der Waals surface area (Å²) in [4.78, 5) is 4.11. The standard InChI is InChI=1S/C16H15F3N2O/c17-16(18,19)6-3-21(5-1-2-5)13(20-6)15-10-7-11(15)9-12(15)8(10)14(7,9)4-22/h3,5,7-12,22H,1-2,4H2. The first-order valence-electron chi connectivity index (χ1n) is 8.26. The van der Waals surface area contributed by atoms with Crippen LogP contribution in [0.2, 0.25) is 0 Å². The lowest BCUT2D eigenvalue weighted by Crippen LogP contribution is -3.11. The summed E-state index contributed by atoms with van der Waals surface area (Å²) in [6.07, 6.45) is -1.13. The second kappa shape index (κ2) is 2.66. The van der Waals surface area contributed by atoms with Crippen LogP contribution >= 0.6 is 0 Å². The van der Waals surface area contributed by atoms with Crippen LogP contribution in [0.15, 0.2) is 6.20 Å². The molecule has 0 unspecified atom stereocenters. The van der Waals surface area contributed by atoms with Gasteiger partial charge >= 0.3 is 6.18 Å². The topological polar surface area (TPSA) is 38.1 Å². The molecule has 0 saturated heterocycles. The molecule has 0 atom stereocenters. The van der Waals surface area contributed by atoms with Gasteiger partial charge in [-0.1, -0.05) is 0 Å². The number of hydrogen-bond donors (Lipinski definition) is 1. The van der Waals surface area contributed by atoms with Gasteiger partial charge in [-0.05, 0) is 48.3 Å². The molecule has 8 rings (SSSR count). The molecule has 1 N–H and O–H groups in total. The Balaban J connectivity index is 1.36. The Kier molecular flexibility index (Phi) is 1.39. The molecule has 7 fully saturated rings. The monoisotopic (exact) mass is 308 g/mol. The Labute approximate surface area is 124 Å². The van der Waals surface area contributed by atoms with Gasteiger partial charge in [0.2, 0.25) is 0 Å². The van der Waals surface area contributed by atoms with Gasteiger partial charge < -0.3 is 9.67 Å². The van der Waals surface area contributed by atoms with Gasteiger partial charge in [0.05, 0.1) is 0 Å². The van der Waals surface area contributed by atoms with E-state index in [1.165, 1.54) is 6.20 Å². The summed E-state index contributed by atoms with van der Waals surface area (Å²) in [5.74, 6) is 4.11. The lowest BCUT2D eigenvalue weighted by atomic mass is 8.92. The van der Waals surface area contributed by atoms with Crippen molar-refractivity contribution in [2.45, 2.75) is 30.5 Å². The molecule has 1 aromatic rings. The highest BCUT2D eigenvalue weighted by molar-refractivity contribution is 5.61. The Morgan fingerprint density at radius 1 is 1.14 bits per heavy atom. The van der Waals surface area contributed by atoms with Gasteiger partial charge in [0.1, 0.15) is 5.82 Å². The molecule has 0 radical (unpaired) electrons. The maximum atomic E-state index is 13.1. The molecule has 116 valence electrons. The fourth-order valence-corrected chi connectivity index (χ4v) is 8.00. The predicted molar refractivity (Wildman–Crippen MR) is 67.6 cm³/mol. The molecule has 6 heteroatoms. The number of halogens is 3. The van der Waals surface area contributed by atoms with E-state index in [1.54, 1.807) is 0 Å². The highest BCUT2D eigenvalue weighted by Gasteiger charge is 3.10. The Hall–Kier alpha value is -1.04. The number of aliphatic hydroxyl groups excluding tert-OH is 1. The van der Waals surface area contributed by atoms with Crippen molar-refractivity contribution < 1.29 is 18.3 Å². The second-order valence-corrected chi connectivity index (χ2v) is 8.44. The first kappa shape index (κ1) is 11.5. The molecule has 22 heavy (non-hydrogen) atoms. The number of rotatable bonds is 3. The fourth-order valence-electron chi connectivity index (χ4n) is 8.00. The molecule has 0 amide bonds. The van der Waals surface area contributed by atoms with Crippen LogP contribution in [0.3, 0.4) is 0 Å². The van der Waals surface area contributed by atoms with Crippen molar-refractivity contribution in [3.63, 3.8) is 0 Å². The molecule has 3 nitrogen and oxygen atoms in total. The van der Waals surface area contributed by atoms with Gasteiger partial charge in [-0.3, -0.25) is 0 Å². The summed E-state index contributed by atoms with van der Waals surface area (Å²) in [7, 11) is 0. The van der Waals surface area contributed by atoms with E-state index in [1.807, 2.05) is 4.57 Å². The zero-order valence-corrected chi connectivity index (χ0v) is 11.7. The SMILES string of the molecule is OCC12C3C4C1C1C2C3C41c1nc(C(F)(F)F)cn1C1CC1. The van der Waals surface area contributed by atoms with Crippen LogP contribution in [0, 0.1) is 40.9 Å². The maximum Gasteiger partial charge on any atom is 0.434 e. The second-order valence-electron chi connectivity index (χ2n) is 8.44. The van der Waals surface area contributed by atoms with E-state index in [0.29, 0.717) is 35.5 Å². The molecule has 0 spiro atoms. The van der Waals surface area contributed by atoms with E-state index in [2.05, 4.69) is 4.98 Å². The van der Waals surface area contributed by atoms with Gasteiger partial charge in [-0.15, -0.1) is 0 Å². The summed E-state index contributed by atoms with van der Waals surface area (Å²) >= 11 is 0. The van der Waals surface area contributed by atoms with Gasteiger partial charge in [-0.25, -0.2) is 4.98 Å². The molecular weight excluding hydrogens is 293 g/mol. The van der Waals surface area contributed by atoms with Gasteiger partial charge in [0.15, 0.2) is 5.69 Å². The molecule has 1 heterocycles. The number of nitrogens with zero attached hydrogens (tertiary/aromatic N) is 2. The number of alkyl halides is 3. The van der Waals surface area contributed by atoms with Crippen molar-refractivity contribution in [2.75, 3.05) is 6.61 Å². The fraction of sp³-hybridized carbons (Fsp3) is 0.812. The minimum atomic E-state index is -4.35. The Morgan fingerprint density at radius 3 is 2.18 bits per heavy atom. The zero-order valence-electron chi connectivity index (χ0n) is 11.7. The molecule has 0 aromatic carbocycles. The molecule has 0 bridgehead atoms. The average Bonchev–Trinajstić information content (AvgIpc) is 3.24. The third-order valence-corrected chi connectivity index (χ3v) is 8.46. The van der Waals surface area contributed by atoms with Gasteiger partial charge in [0, 0.05) is 29.7 Å². The van der Waals surface area contributed by atoms with E-state index in [-0.39, 0.29) is 23.5 Å². The first-order valence-corrected chi connectivity index (χ1v) is 8.26. The zero-order chi connectivity index (χ0) is 14.8. The minimum absolute atomic E-state index is 0.0248. The van der Waals surface area contributed by atoms with Gasteiger partial charge in [0.25, 0.3) is 0 Å². The van der Waals surface area contributed by atoms with Crippen molar-refractivity contribution in [1.82, 2.24) is 9.55 Å². The summed E-state index contributed by atoms with van der Waals surface area (Å²) < 4.78 is 41.2. The number of aromatic nitrogens is 2. The average molecular weight is 308 g/mol. The summed E-state index contributed by atoms with van der Waals surface area (Å²) in [6.45, 7) is 0.289. The van der Waals surface area contributed by atoms with Crippen LogP contribution in [0.25, 0.3) is 0 Å². The summed E-state index contributed by atoms with van der Waals surface area (Å²) in [6, 6.07) is 0.242. The Morgan fingerprint density at radius 2 is 1.73 bits per heavy atom. The molecule has 0 aliphatic heterocycles. The van der Waals surface area contributed by atoms with E-state index in [0.717, 1.165) is 18.7 Å². The van der Waals surface area contributed by atoms with E-state index >= 15 is 0 Å². The minimum Gasteiger partial charge on any atom is -0.396 e. The smallest absolute Gasteiger partial charge is 0.396 e. The lowest BCUT2D eigenvalue weighted by Gasteiger charge is -3.11. The third kappa shape index (κ3) is 0.708. The van der Waals surface area contributed by atoms with Crippen LogP contribution < -0.4 is 0 Å². The largest absolute Gasteiger partial charge is 0.434 e. The van der Waals surface area contributed by atoms with Crippen LogP contribution in [0.4, 0.5) is 13.2 Å². The number of imidazole rings is 1. The van der Waals surface area contributed by atoms with Crippen molar-refractivity contribution >= 4 is 0 Å². The van der Waals surface area contributed by atoms with E-state index in [9.17, 15) is 18.3 Å². The van der Waals surface area contributed by atoms with Crippen LogP contribution in [0.5, 0.6) is 0 Å². The van der Waals surface area contributed by atoms with Crippen molar-refractivity contribution in [2.24, 2.45) is 40.9 Å². The number of hydrogen-bond acceptors (Lipinski definition) is 2. The first-order chi connectivity index (χ1) is 10.5. The van der Waals surface area contributed by atoms with Crippen molar-refractivity contribution in [3.05, 3.63) is 17.7 Å². The van der Waals surface area contributed by atoms with E-state index in [4.69, 9.17) is 0 Å². The number of aliphatic hydroxyl groups is 1. The van der Waals surface area contributed by atoms with Crippen LogP contribution in [-0.2, 0) is 11.6 Å². The molecule has 7 aliphatic rings. The normalized spacial score (nSPS) is 58.0.